The van der Waals surface area contributed by atoms with Gasteiger partial charge in [-0.2, -0.15) is 0 Å². The molecule has 0 aliphatic heterocycles. The van der Waals surface area contributed by atoms with Gasteiger partial charge in [0.2, 0.25) is 0 Å². The molecule has 148 valence electrons. The van der Waals surface area contributed by atoms with Crippen molar-refractivity contribution in [3.63, 3.8) is 0 Å². The number of nitrogens with one attached hydrogen (secondary N) is 2. The maximum atomic E-state index is 4.73. The molecule has 2 aromatic heterocycles. The van der Waals surface area contributed by atoms with Crippen molar-refractivity contribution >= 4 is 17.3 Å². The van der Waals surface area contributed by atoms with Crippen LogP contribution in [-0.4, -0.2) is 27.3 Å². The Kier molecular flexibility index (Phi) is 6.81. The molecule has 0 spiro atoms. The predicted octanol–water partition coefficient (Wildman–Crippen LogP) is 3.53. The van der Waals surface area contributed by atoms with Crippen LogP contribution in [0.4, 0.5) is 0 Å². The molecule has 0 aliphatic carbocycles. The van der Waals surface area contributed by atoms with Gasteiger partial charge >= 0.3 is 0 Å². The number of benzene rings is 1. The molecule has 0 saturated heterocycles. The van der Waals surface area contributed by atoms with Crippen molar-refractivity contribution in [2.24, 2.45) is 12.0 Å². The van der Waals surface area contributed by atoms with Gasteiger partial charge in [-0.15, -0.1) is 21.5 Å². The minimum atomic E-state index is 0.380. The number of nitrogens with zero attached hydrogens (tertiary/aromatic N) is 4. The number of aliphatic imine (C=N–C) groups is 1. The van der Waals surface area contributed by atoms with Crippen LogP contribution in [0.3, 0.4) is 0 Å². The summed E-state index contributed by atoms with van der Waals surface area (Å²) in [7, 11) is 1.96. The third-order valence-electron chi connectivity index (χ3n) is 4.76. The third kappa shape index (κ3) is 5.42. The third-order valence-corrected chi connectivity index (χ3v) is 5.63. The monoisotopic (exact) mass is 396 g/mol. The highest BCUT2D eigenvalue weighted by Crippen LogP contribution is 2.15. The number of hydrogen-bond donors (Lipinski definition) is 2. The summed E-state index contributed by atoms with van der Waals surface area (Å²) in [5, 5.41) is 17.3. The van der Waals surface area contributed by atoms with E-state index in [1.54, 1.807) is 11.3 Å². The van der Waals surface area contributed by atoms with E-state index in [2.05, 4.69) is 76.5 Å². The molecule has 1 unspecified atom stereocenters. The summed E-state index contributed by atoms with van der Waals surface area (Å²) in [6.07, 6.45) is 0. The van der Waals surface area contributed by atoms with E-state index >= 15 is 0 Å². The number of aryl methyl sites for hydroxylation is 2. The SMILES string of the molecule is Cc1cccc(C(C)CNC(=NCc2nnc(C)n2C)NCc2cccs2)c1. The highest BCUT2D eigenvalue weighted by molar-refractivity contribution is 7.09. The molecule has 6 nitrogen and oxygen atoms in total. The summed E-state index contributed by atoms with van der Waals surface area (Å²) in [4.78, 5) is 6.00. The Morgan fingerprint density at radius 2 is 2.04 bits per heavy atom. The maximum absolute atomic E-state index is 4.73. The molecule has 28 heavy (non-hydrogen) atoms. The molecule has 1 atom stereocenters. The van der Waals surface area contributed by atoms with Crippen LogP contribution in [0.5, 0.6) is 0 Å². The van der Waals surface area contributed by atoms with E-state index in [0.717, 1.165) is 30.7 Å². The van der Waals surface area contributed by atoms with Crippen LogP contribution in [0.25, 0.3) is 0 Å². The van der Waals surface area contributed by atoms with Crippen molar-refractivity contribution in [1.29, 1.82) is 0 Å². The van der Waals surface area contributed by atoms with E-state index in [0.29, 0.717) is 12.5 Å². The normalized spacial score (nSPS) is 12.8. The Morgan fingerprint density at radius 1 is 1.18 bits per heavy atom. The number of hydrogen-bond acceptors (Lipinski definition) is 4. The molecule has 0 aliphatic rings. The van der Waals surface area contributed by atoms with Gasteiger partial charge in [0.25, 0.3) is 0 Å². The minimum Gasteiger partial charge on any atom is -0.356 e. The molecular formula is C21H28N6S. The lowest BCUT2D eigenvalue weighted by atomic mass is 9.99. The first kappa shape index (κ1) is 20.1. The molecular weight excluding hydrogens is 368 g/mol. The fraction of sp³-hybridized carbons (Fsp3) is 0.381. The van der Waals surface area contributed by atoms with Crippen molar-refractivity contribution in [2.75, 3.05) is 6.54 Å². The van der Waals surface area contributed by atoms with E-state index in [4.69, 9.17) is 4.99 Å². The number of thiophene rings is 1. The molecule has 0 bridgehead atoms. The molecule has 2 heterocycles. The van der Waals surface area contributed by atoms with Gasteiger partial charge in [-0.1, -0.05) is 42.8 Å². The molecule has 2 N–H and O–H groups in total. The van der Waals surface area contributed by atoms with Crippen LogP contribution >= 0.6 is 11.3 Å². The van der Waals surface area contributed by atoms with Gasteiger partial charge in [0.15, 0.2) is 11.8 Å². The van der Waals surface area contributed by atoms with Gasteiger partial charge in [-0.25, -0.2) is 4.99 Å². The standard InChI is InChI=1S/C21H28N6S/c1-15-7-5-8-18(11-15)16(2)12-22-21(23-13-19-9-6-10-28-19)24-14-20-26-25-17(3)27(20)4/h5-11,16H,12-14H2,1-4H3,(H2,22,23,24). The van der Waals surface area contributed by atoms with E-state index in [1.165, 1.54) is 16.0 Å². The summed E-state index contributed by atoms with van der Waals surface area (Å²) < 4.78 is 1.97. The summed E-state index contributed by atoms with van der Waals surface area (Å²) >= 11 is 1.74. The van der Waals surface area contributed by atoms with Gasteiger partial charge in [0.1, 0.15) is 12.4 Å². The topological polar surface area (TPSA) is 67.1 Å². The molecule has 0 saturated carbocycles. The highest BCUT2D eigenvalue weighted by Gasteiger charge is 2.09. The molecule has 0 fully saturated rings. The Bertz CT molecular complexity index is 913. The average Bonchev–Trinajstić information content (AvgIpc) is 3.32. The smallest absolute Gasteiger partial charge is 0.192 e. The summed E-state index contributed by atoms with van der Waals surface area (Å²) in [6.45, 7) is 8.33. The Labute approximate surface area is 170 Å². The van der Waals surface area contributed by atoms with Crippen LogP contribution in [-0.2, 0) is 20.1 Å². The van der Waals surface area contributed by atoms with Crippen molar-refractivity contribution in [2.45, 2.75) is 39.8 Å². The zero-order valence-electron chi connectivity index (χ0n) is 16.9. The van der Waals surface area contributed by atoms with Gasteiger partial charge in [0, 0.05) is 18.5 Å². The fourth-order valence-electron chi connectivity index (χ4n) is 2.84. The molecule has 7 heteroatoms. The zero-order chi connectivity index (χ0) is 19.9. The van der Waals surface area contributed by atoms with E-state index in [1.807, 2.05) is 18.5 Å². The van der Waals surface area contributed by atoms with Crippen molar-refractivity contribution in [3.8, 4) is 0 Å². The van der Waals surface area contributed by atoms with Gasteiger partial charge in [0.05, 0.1) is 6.54 Å². The van der Waals surface area contributed by atoms with Crippen LogP contribution in [0, 0.1) is 13.8 Å². The van der Waals surface area contributed by atoms with Gasteiger partial charge in [-0.05, 0) is 36.8 Å². The lowest BCUT2D eigenvalue weighted by Crippen LogP contribution is -2.38. The van der Waals surface area contributed by atoms with Crippen LogP contribution in [0.1, 0.15) is 40.5 Å². The minimum absolute atomic E-state index is 0.380. The lowest BCUT2D eigenvalue weighted by Gasteiger charge is -2.17. The van der Waals surface area contributed by atoms with E-state index in [-0.39, 0.29) is 0 Å². The van der Waals surface area contributed by atoms with Crippen molar-refractivity contribution in [1.82, 2.24) is 25.4 Å². The quantitative estimate of drug-likeness (QED) is 0.474. The van der Waals surface area contributed by atoms with Crippen LogP contribution in [0.15, 0.2) is 46.8 Å². The van der Waals surface area contributed by atoms with Gasteiger partial charge in [-0.3, -0.25) is 0 Å². The average molecular weight is 397 g/mol. The van der Waals surface area contributed by atoms with Crippen molar-refractivity contribution in [3.05, 3.63) is 69.4 Å². The Balaban J connectivity index is 1.66. The molecule has 3 rings (SSSR count). The van der Waals surface area contributed by atoms with Crippen molar-refractivity contribution < 1.29 is 0 Å². The first-order valence-corrected chi connectivity index (χ1v) is 10.4. The van der Waals surface area contributed by atoms with E-state index in [9.17, 15) is 0 Å². The first-order chi connectivity index (χ1) is 13.5. The largest absolute Gasteiger partial charge is 0.356 e. The first-order valence-electron chi connectivity index (χ1n) is 9.49. The van der Waals surface area contributed by atoms with Crippen LogP contribution in [0.2, 0.25) is 0 Å². The summed E-state index contributed by atoms with van der Waals surface area (Å²) in [5.74, 6) is 2.90. The maximum Gasteiger partial charge on any atom is 0.192 e. The van der Waals surface area contributed by atoms with Gasteiger partial charge < -0.3 is 15.2 Å². The second-order valence-electron chi connectivity index (χ2n) is 7.02. The molecule has 3 aromatic rings. The van der Waals surface area contributed by atoms with Crippen LogP contribution < -0.4 is 10.6 Å². The number of aromatic nitrogens is 3. The molecule has 0 radical (unpaired) electrons. The second-order valence-corrected chi connectivity index (χ2v) is 8.05. The summed E-state index contributed by atoms with van der Waals surface area (Å²) in [6, 6.07) is 12.8. The molecule has 1 aromatic carbocycles. The summed E-state index contributed by atoms with van der Waals surface area (Å²) in [5.41, 5.74) is 2.61. The Hall–Kier alpha value is -2.67. The Morgan fingerprint density at radius 3 is 2.71 bits per heavy atom. The van der Waals surface area contributed by atoms with E-state index < -0.39 is 0 Å². The predicted molar refractivity (Wildman–Crippen MR) is 116 cm³/mol. The zero-order valence-corrected chi connectivity index (χ0v) is 17.8. The highest BCUT2D eigenvalue weighted by atomic mass is 32.1. The fourth-order valence-corrected chi connectivity index (χ4v) is 3.49. The lowest BCUT2D eigenvalue weighted by molar-refractivity contribution is 0.691. The second kappa shape index (κ2) is 9.50. The number of rotatable bonds is 7. The number of guanidine groups is 1. The molecule has 0 amide bonds.